The number of aromatic hydroxyl groups is 1. The molecule has 1 aromatic carbocycles. The lowest BCUT2D eigenvalue weighted by Crippen LogP contribution is -2.17. The Kier molecular flexibility index (Phi) is 4.26. The topological polar surface area (TPSA) is 68.1 Å². The summed E-state index contributed by atoms with van der Waals surface area (Å²) in [5.41, 5.74) is -0.180. The molecule has 1 rings (SSSR count). The first-order chi connectivity index (χ1) is 7.70. The number of phenols is 1. The summed E-state index contributed by atoms with van der Waals surface area (Å²) in [6.07, 6.45) is 0. The van der Waals surface area contributed by atoms with E-state index in [9.17, 15) is 14.3 Å². The summed E-state index contributed by atoms with van der Waals surface area (Å²) in [6, 6.07) is 5.96. The molecule has 0 radical (unpaired) electrons. The van der Waals surface area contributed by atoms with Crippen molar-refractivity contribution < 1.29 is 23.9 Å². The number of hydrogen-bond donors (Lipinski definition) is 1. The first kappa shape index (κ1) is 12.0. The van der Waals surface area contributed by atoms with Crippen LogP contribution >= 0.6 is 0 Å². The molecule has 0 aliphatic rings. The number of esters is 1. The fourth-order valence-electron chi connectivity index (χ4n) is 1.06. The molecule has 0 spiro atoms. The van der Waals surface area contributed by atoms with Gasteiger partial charge in [-0.15, -0.1) is 0 Å². The van der Waals surface area contributed by atoms with Crippen molar-refractivity contribution in [3.63, 3.8) is 0 Å². The van der Waals surface area contributed by atoms with Crippen molar-refractivity contribution in [3.05, 3.63) is 29.8 Å². The van der Waals surface area contributed by atoms with Crippen LogP contribution < -0.4 is 0 Å². The number of alkyl halides is 1. The average molecular weight is 227 g/mol. The van der Waals surface area contributed by atoms with Gasteiger partial charge in [-0.2, -0.15) is 0 Å². The van der Waals surface area contributed by atoms with Crippen molar-refractivity contribution in [2.75, 3.05) is 14.0 Å². The van der Waals surface area contributed by atoms with Crippen LogP contribution in [-0.4, -0.2) is 30.8 Å². The number of hydrogen-bond acceptors (Lipinski definition) is 5. The molecule has 1 aromatic rings. The Hall–Kier alpha value is -2.11. The standard InChI is InChI=1S/C10H10FNO4/c1-15-10(14)9(12-16-6-11)7-4-2-3-5-8(7)13/h2-5,13H,6H2,1H3. The largest absolute Gasteiger partial charge is 0.507 e. The average Bonchev–Trinajstić information content (AvgIpc) is 2.31. The third-order valence-corrected chi connectivity index (χ3v) is 1.74. The molecule has 16 heavy (non-hydrogen) atoms. The summed E-state index contributed by atoms with van der Waals surface area (Å²) >= 11 is 0. The van der Waals surface area contributed by atoms with Gasteiger partial charge >= 0.3 is 5.97 Å². The van der Waals surface area contributed by atoms with Crippen molar-refractivity contribution in [2.45, 2.75) is 0 Å². The zero-order valence-corrected chi connectivity index (χ0v) is 8.51. The third-order valence-electron chi connectivity index (χ3n) is 1.74. The second-order valence-electron chi connectivity index (χ2n) is 2.69. The maximum atomic E-state index is 11.8. The molecule has 0 saturated heterocycles. The zero-order chi connectivity index (χ0) is 12.0. The lowest BCUT2D eigenvalue weighted by molar-refractivity contribution is -0.132. The van der Waals surface area contributed by atoms with Crippen molar-refractivity contribution >= 4 is 11.7 Å². The molecule has 5 nitrogen and oxygen atoms in total. The van der Waals surface area contributed by atoms with Crippen LogP contribution in [0.1, 0.15) is 5.56 Å². The summed E-state index contributed by atoms with van der Waals surface area (Å²) in [5, 5.41) is 12.7. The molecule has 0 fully saturated rings. The lowest BCUT2D eigenvalue weighted by atomic mass is 10.1. The highest BCUT2D eigenvalue weighted by Gasteiger charge is 2.18. The van der Waals surface area contributed by atoms with Crippen LogP contribution in [0.5, 0.6) is 5.75 Å². The van der Waals surface area contributed by atoms with E-state index in [1.165, 1.54) is 12.1 Å². The Morgan fingerprint density at radius 2 is 2.19 bits per heavy atom. The van der Waals surface area contributed by atoms with Crippen LogP contribution in [0.4, 0.5) is 4.39 Å². The van der Waals surface area contributed by atoms with Gasteiger partial charge < -0.3 is 14.7 Å². The van der Waals surface area contributed by atoms with Crippen molar-refractivity contribution in [3.8, 4) is 5.75 Å². The van der Waals surface area contributed by atoms with E-state index < -0.39 is 12.8 Å². The fraction of sp³-hybridized carbons (Fsp3) is 0.200. The van der Waals surface area contributed by atoms with E-state index in [1.54, 1.807) is 12.1 Å². The Labute approximate surface area is 91.1 Å². The van der Waals surface area contributed by atoms with E-state index in [-0.39, 0.29) is 17.0 Å². The van der Waals surface area contributed by atoms with Gasteiger partial charge in [0.05, 0.1) is 12.7 Å². The van der Waals surface area contributed by atoms with Gasteiger partial charge in [-0.1, -0.05) is 17.3 Å². The van der Waals surface area contributed by atoms with E-state index in [4.69, 9.17) is 0 Å². The van der Waals surface area contributed by atoms with Gasteiger partial charge in [-0.05, 0) is 12.1 Å². The zero-order valence-electron chi connectivity index (χ0n) is 8.51. The molecule has 0 atom stereocenters. The van der Waals surface area contributed by atoms with Crippen molar-refractivity contribution in [2.24, 2.45) is 5.16 Å². The second kappa shape index (κ2) is 5.69. The molecule has 0 aliphatic carbocycles. The Morgan fingerprint density at radius 1 is 1.50 bits per heavy atom. The van der Waals surface area contributed by atoms with Gasteiger partial charge in [0.2, 0.25) is 0 Å². The van der Waals surface area contributed by atoms with Crippen molar-refractivity contribution in [1.29, 1.82) is 0 Å². The Bertz CT molecular complexity index is 406. The number of rotatable bonds is 4. The maximum Gasteiger partial charge on any atom is 0.360 e. The number of para-hydroxylation sites is 1. The third kappa shape index (κ3) is 2.69. The monoisotopic (exact) mass is 227 g/mol. The van der Waals surface area contributed by atoms with E-state index >= 15 is 0 Å². The Balaban J connectivity index is 3.11. The molecule has 6 heteroatoms. The molecule has 1 N–H and O–H groups in total. The highest BCUT2D eigenvalue weighted by atomic mass is 19.1. The lowest BCUT2D eigenvalue weighted by Gasteiger charge is -2.05. The minimum atomic E-state index is -1.17. The smallest absolute Gasteiger partial charge is 0.360 e. The molecule has 0 bridgehead atoms. The van der Waals surface area contributed by atoms with Crippen LogP contribution in [0, 0.1) is 0 Å². The summed E-state index contributed by atoms with van der Waals surface area (Å²) in [6.45, 7) is -1.17. The summed E-state index contributed by atoms with van der Waals surface area (Å²) < 4.78 is 16.2. The molecular weight excluding hydrogens is 217 g/mol. The summed E-state index contributed by atoms with van der Waals surface area (Å²) in [7, 11) is 1.15. The number of carbonyl (C=O) groups is 1. The minimum absolute atomic E-state index is 0.114. The van der Waals surface area contributed by atoms with Crippen LogP contribution in [-0.2, 0) is 14.4 Å². The number of nitrogens with zero attached hydrogens (tertiary/aromatic N) is 1. The first-order valence-corrected chi connectivity index (χ1v) is 4.33. The van der Waals surface area contributed by atoms with E-state index in [2.05, 4.69) is 14.7 Å². The van der Waals surface area contributed by atoms with E-state index in [1.807, 2.05) is 0 Å². The fourth-order valence-corrected chi connectivity index (χ4v) is 1.06. The number of oxime groups is 1. The van der Waals surface area contributed by atoms with Gasteiger partial charge in [0.15, 0.2) is 5.71 Å². The number of methoxy groups -OCH3 is 1. The van der Waals surface area contributed by atoms with Gasteiger partial charge in [-0.25, -0.2) is 9.18 Å². The highest BCUT2D eigenvalue weighted by molar-refractivity contribution is 6.43. The number of benzene rings is 1. The molecule has 0 aromatic heterocycles. The molecule has 86 valence electrons. The van der Waals surface area contributed by atoms with Gasteiger partial charge in [0.1, 0.15) is 5.75 Å². The quantitative estimate of drug-likeness (QED) is 0.477. The van der Waals surface area contributed by atoms with Crippen molar-refractivity contribution in [1.82, 2.24) is 0 Å². The molecule has 0 amide bonds. The van der Waals surface area contributed by atoms with Crippen LogP contribution in [0.3, 0.4) is 0 Å². The number of carbonyl (C=O) groups excluding carboxylic acids is 1. The number of ether oxygens (including phenoxy) is 1. The molecule has 0 saturated carbocycles. The normalized spacial score (nSPS) is 11.0. The molecular formula is C10H10FNO4. The van der Waals surface area contributed by atoms with Gasteiger partial charge in [-0.3, -0.25) is 0 Å². The summed E-state index contributed by atoms with van der Waals surface area (Å²) in [5.74, 6) is -0.996. The highest BCUT2D eigenvalue weighted by Crippen LogP contribution is 2.17. The van der Waals surface area contributed by atoms with E-state index in [0.717, 1.165) is 7.11 Å². The van der Waals surface area contributed by atoms with Gasteiger partial charge in [0.25, 0.3) is 6.86 Å². The molecule has 0 unspecified atom stereocenters. The van der Waals surface area contributed by atoms with Crippen LogP contribution in [0.15, 0.2) is 29.4 Å². The van der Waals surface area contributed by atoms with Crippen LogP contribution in [0.25, 0.3) is 0 Å². The SMILES string of the molecule is COC(=O)C(=NOCF)c1ccccc1O. The van der Waals surface area contributed by atoms with Gasteiger partial charge in [0, 0.05) is 0 Å². The maximum absolute atomic E-state index is 11.8. The first-order valence-electron chi connectivity index (χ1n) is 4.33. The molecule has 0 aliphatic heterocycles. The second-order valence-corrected chi connectivity index (χ2v) is 2.69. The predicted molar refractivity (Wildman–Crippen MR) is 53.7 cm³/mol. The van der Waals surface area contributed by atoms with Crippen LogP contribution in [0.2, 0.25) is 0 Å². The summed E-state index contributed by atoms with van der Waals surface area (Å²) in [4.78, 5) is 15.4. The number of halogens is 1. The molecule has 0 heterocycles. The minimum Gasteiger partial charge on any atom is -0.507 e. The Morgan fingerprint density at radius 3 is 2.75 bits per heavy atom. The predicted octanol–water partition coefficient (Wildman–Crippen LogP) is 1.21. The number of phenolic OH excluding ortho intramolecular Hbond substituents is 1. The van der Waals surface area contributed by atoms with E-state index in [0.29, 0.717) is 0 Å².